The monoisotopic (exact) mass is 292 g/mol. The van der Waals surface area contributed by atoms with E-state index in [1.807, 2.05) is 19.1 Å². The van der Waals surface area contributed by atoms with Crippen molar-refractivity contribution >= 4 is 23.5 Å². The van der Waals surface area contributed by atoms with Crippen LogP contribution < -0.4 is 10.5 Å². The zero-order chi connectivity index (χ0) is 14.5. The van der Waals surface area contributed by atoms with Gasteiger partial charge in [0, 0.05) is 16.9 Å². The highest BCUT2D eigenvalue weighted by Gasteiger charge is 2.10. The minimum Gasteiger partial charge on any atom is -0.494 e. The van der Waals surface area contributed by atoms with E-state index in [1.54, 1.807) is 13.0 Å². The van der Waals surface area contributed by atoms with E-state index in [4.69, 9.17) is 10.5 Å². The topological polar surface area (TPSA) is 93.9 Å². The van der Waals surface area contributed by atoms with Gasteiger partial charge in [-0.1, -0.05) is 11.8 Å². The smallest absolute Gasteiger partial charge is 0.216 e. The van der Waals surface area contributed by atoms with Gasteiger partial charge >= 0.3 is 0 Å². The molecule has 0 bridgehead atoms. The van der Waals surface area contributed by atoms with Crippen LogP contribution in [0.15, 0.2) is 23.4 Å². The number of benzene rings is 1. The Balaban J connectivity index is 2.18. The summed E-state index contributed by atoms with van der Waals surface area (Å²) in [5, 5.41) is 7.11. The summed E-state index contributed by atoms with van der Waals surface area (Å²) >= 11 is 1.43. The number of ether oxygens (including phenoxy) is 1. The molecule has 0 saturated heterocycles. The third-order valence-corrected chi connectivity index (χ3v) is 3.50. The van der Waals surface area contributed by atoms with Gasteiger partial charge < -0.3 is 10.5 Å². The quantitative estimate of drug-likeness (QED) is 0.626. The van der Waals surface area contributed by atoms with Crippen molar-refractivity contribution in [2.75, 3.05) is 12.3 Å². The molecule has 6 nitrogen and oxygen atoms in total. The number of nitrogens with zero attached hydrogens (tertiary/aromatic N) is 2. The summed E-state index contributed by atoms with van der Waals surface area (Å²) in [5.74, 6) is 1.69. The summed E-state index contributed by atoms with van der Waals surface area (Å²) in [5.41, 5.74) is 7.08. The first-order chi connectivity index (χ1) is 9.60. The summed E-state index contributed by atoms with van der Waals surface area (Å²) in [4.78, 5) is 15.5. The van der Waals surface area contributed by atoms with Crippen LogP contribution in [0, 0.1) is 0 Å². The normalized spacial score (nSPS) is 10.5. The van der Waals surface area contributed by atoms with E-state index in [0.717, 1.165) is 11.3 Å². The highest BCUT2D eigenvalue weighted by molar-refractivity contribution is 7.98. The predicted molar refractivity (Wildman–Crippen MR) is 78.0 cm³/mol. The third-order valence-electron chi connectivity index (χ3n) is 2.61. The van der Waals surface area contributed by atoms with E-state index >= 15 is 0 Å². The Hall–Kier alpha value is -2.02. The molecule has 0 unspecified atom stereocenters. The first-order valence-corrected chi connectivity index (χ1v) is 7.16. The second kappa shape index (κ2) is 6.42. The number of anilines is 1. The fourth-order valence-electron chi connectivity index (χ4n) is 1.67. The third kappa shape index (κ3) is 3.51. The van der Waals surface area contributed by atoms with E-state index in [2.05, 4.69) is 15.2 Å². The van der Waals surface area contributed by atoms with Gasteiger partial charge in [0.2, 0.25) is 11.1 Å². The Morgan fingerprint density at radius 1 is 1.50 bits per heavy atom. The number of hydrogen-bond donors (Lipinski definition) is 2. The van der Waals surface area contributed by atoms with Crippen molar-refractivity contribution in [3.63, 3.8) is 0 Å². The first-order valence-electron chi connectivity index (χ1n) is 6.17. The number of aromatic nitrogens is 3. The Kier molecular flexibility index (Phi) is 4.62. The van der Waals surface area contributed by atoms with Crippen molar-refractivity contribution in [3.05, 3.63) is 29.3 Å². The maximum Gasteiger partial charge on any atom is 0.216 e. The molecular weight excluding hydrogens is 276 g/mol. The van der Waals surface area contributed by atoms with Crippen LogP contribution in [-0.4, -0.2) is 27.6 Å². The van der Waals surface area contributed by atoms with E-state index in [0.29, 0.717) is 23.1 Å². The standard InChI is InChI=1S/C13H16N4O2S/c1-3-19-11-5-4-9(8(2)18)6-10(11)7-20-13-15-12(14)16-17-13/h4-6H,3,7H2,1-2H3,(H3,14,15,16,17). The molecule has 1 aromatic carbocycles. The van der Waals surface area contributed by atoms with Crippen LogP contribution >= 0.6 is 11.8 Å². The molecule has 0 saturated carbocycles. The van der Waals surface area contributed by atoms with Crippen LogP contribution in [0.25, 0.3) is 0 Å². The lowest BCUT2D eigenvalue weighted by Gasteiger charge is -2.10. The average Bonchev–Trinajstić information content (AvgIpc) is 2.83. The Labute approximate surface area is 121 Å². The van der Waals surface area contributed by atoms with Gasteiger partial charge in [0.15, 0.2) is 5.78 Å². The number of carbonyl (C=O) groups is 1. The molecule has 0 spiro atoms. The van der Waals surface area contributed by atoms with Gasteiger partial charge in [-0.3, -0.25) is 4.79 Å². The van der Waals surface area contributed by atoms with Gasteiger partial charge in [0.1, 0.15) is 5.75 Å². The first kappa shape index (κ1) is 14.4. The van der Waals surface area contributed by atoms with Gasteiger partial charge in [-0.2, -0.15) is 4.98 Å². The second-order valence-electron chi connectivity index (χ2n) is 4.10. The maximum absolute atomic E-state index is 11.5. The largest absolute Gasteiger partial charge is 0.494 e. The molecule has 3 N–H and O–H groups in total. The molecular formula is C13H16N4O2S. The number of hydrogen-bond acceptors (Lipinski definition) is 6. The highest BCUT2D eigenvalue weighted by Crippen LogP contribution is 2.27. The molecule has 2 rings (SSSR count). The van der Waals surface area contributed by atoms with Crippen LogP contribution in [0.3, 0.4) is 0 Å². The SMILES string of the molecule is CCOc1ccc(C(C)=O)cc1CSc1n[nH]c(N)n1. The summed E-state index contributed by atoms with van der Waals surface area (Å²) < 4.78 is 5.57. The van der Waals surface area contributed by atoms with E-state index in [-0.39, 0.29) is 11.7 Å². The lowest BCUT2D eigenvalue weighted by molar-refractivity contribution is 0.101. The van der Waals surface area contributed by atoms with Gasteiger partial charge in [0.05, 0.1) is 6.61 Å². The van der Waals surface area contributed by atoms with Gasteiger partial charge in [-0.25, -0.2) is 5.10 Å². The molecule has 0 aliphatic carbocycles. The van der Waals surface area contributed by atoms with E-state index in [1.165, 1.54) is 11.8 Å². The van der Waals surface area contributed by atoms with Gasteiger partial charge in [-0.05, 0) is 32.0 Å². The number of aromatic amines is 1. The number of thioether (sulfide) groups is 1. The molecule has 1 aromatic heterocycles. The van der Waals surface area contributed by atoms with Crippen LogP contribution in [-0.2, 0) is 5.75 Å². The van der Waals surface area contributed by atoms with Gasteiger partial charge in [-0.15, -0.1) is 5.10 Å². The zero-order valence-electron chi connectivity index (χ0n) is 11.3. The fourth-order valence-corrected chi connectivity index (χ4v) is 2.46. The number of nitrogens with two attached hydrogens (primary N) is 1. The molecule has 1 heterocycles. The lowest BCUT2D eigenvalue weighted by Crippen LogP contribution is -1.99. The van der Waals surface area contributed by atoms with E-state index < -0.39 is 0 Å². The van der Waals surface area contributed by atoms with Crippen molar-refractivity contribution < 1.29 is 9.53 Å². The van der Waals surface area contributed by atoms with Crippen LogP contribution in [0.5, 0.6) is 5.75 Å². The Bertz CT molecular complexity index is 612. The number of nitrogens with one attached hydrogen (secondary N) is 1. The summed E-state index contributed by atoms with van der Waals surface area (Å²) in [6.07, 6.45) is 0. The molecule has 0 aliphatic rings. The second-order valence-corrected chi connectivity index (χ2v) is 5.05. The zero-order valence-corrected chi connectivity index (χ0v) is 12.2. The number of H-pyrrole nitrogens is 1. The minimum absolute atomic E-state index is 0.0291. The molecule has 2 aromatic rings. The van der Waals surface area contributed by atoms with Gasteiger partial charge in [0.25, 0.3) is 0 Å². The number of nitrogen functional groups attached to an aromatic ring is 1. The fraction of sp³-hybridized carbons (Fsp3) is 0.308. The van der Waals surface area contributed by atoms with E-state index in [9.17, 15) is 4.79 Å². The lowest BCUT2D eigenvalue weighted by atomic mass is 10.1. The molecule has 7 heteroatoms. The van der Waals surface area contributed by atoms with Crippen LogP contribution in [0.4, 0.5) is 5.95 Å². The summed E-state index contributed by atoms with van der Waals surface area (Å²) in [6, 6.07) is 5.44. The average molecular weight is 292 g/mol. The number of carbonyl (C=O) groups excluding carboxylic acids is 1. The molecule has 106 valence electrons. The highest BCUT2D eigenvalue weighted by atomic mass is 32.2. The predicted octanol–water partition coefficient (Wildman–Crippen LogP) is 2.28. The van der Waals surface area contributed by atoms with Crippen molar-refractivity contribution in [1.29, 1.82) is 0 Å². The summed E-state index contributed by atoms with van der Waals surface area (Å²) in [7, 11) is 0. The Morgan fingerprint density at radius 3 is 2.90 bits per heavy atom. The number of rotatable bonds is 6. The molecule has 0 atom stereocenters. The molecule has 0 fully saturated rings. The molecule has 0 amide bonds. The van der Waals surface area contributed by atoms with Crippen molar-refractivity contribution in [1.82, 2.24) is 15.2 Å². The van der Waals surface area contributed by atoms with Crippen molar-refractivity contribution in [2.45, 2.75) is 24.8 Å². The molecule has 20 heavy (non-hydrogen) atoms. The Morgan fingerprint density at radius 2 is 2.30 bits per heavy atom. The van der Waals surface area contributed by atoms with Crippen molar-refractivity contribution in [3.8, 4) is 5.75 Å². The molecule has 0 radical (unpaired) electrons. The van der Waals surface area contributed by atoms with Crippen LogP contribution in [0.1, 0.15) is 29.8 Å². The number of Topliss-reactive ketones (excluding diaryl/α,β-unsaturated/α-hetero) is 1. The van der Waals surface area contributed by atoms with Crippen LogP contribution in [0.2, 0.25) is 0 Å². The minimum atomic E-state index is 0.0291. The summed E-state index contributed by atoms with van der Waals surface area (Å²) in [6.45, 7) is 4.04. The maximum atomic E-state index is 11.5. The molecule has 0 aliphatic heterocycles. The van der Waals surface area contributed by atoms with Crippen molar-refractivity contribution in [2.24, 2.45) is 0 Å². The number of ketones is 1.